The first-order valence-electron chi connectivity index (χ1n) is 6.49. The van der Waals surface area contributed by atoms with Crippen molar-refractivity contribution in [1.29, 1.82) is 0 Å². The SMILES string of the molecule is C=C(O)[C@H]1C[C@@H]1C(=O)c1ccc(CN2CC2)c(Cl)c1. The molecule has 0 unspecified atom stereocenters. The van der Waals surface area contributed by atoms with Gasteiger partial charge in [0.05, 0.1) is 5.76 Å². The second-order valence-corrected chi connectivity index (χ2v) is 5.79. The molecule has 1 saturated carbocycles. The van der Waals surface area contributed by atoms with Gasteiger partial charge in [0.2, 0.25) is 0 Å². The molecule has 1 saturated heterocycles. The molecule has 0 bridgehead atoms. The molecule has 1 heterocycles. The van der Waals surface area contributed by atoms with Crippen molar-refractivity contribution in [2.24, 2.45) is 11.8 Å². The Morgan fingerprint density at radius 3 is 2.68 bits per heavy atom. The van der Waals surface area contributed by atoms with Crippen LogP contribution in [0, 0.1) is 11.8 Å². The number of hydrogen-bond donors (Lipinski definition) is 1. The summed E-state index contributed by atoms with van der Waals surface area (Å²) >= 11 is 6.22. The zero-order chi connectivity index (χ0) is 13.6. The Hall–Kier alpha value is -1.32. The van der Waals surface area contributed by atoms with Gasteiger partial charge in [0.25, 0.3) is 0 Å². The second-order valence-electron chi connectivity index (χ2n) is 5.39. The lowest BCUT2D eigenvalue weighted by atomic mass is 10.0. The quantitative estimate of drug-likeness (QED) is 0.511. The lowest BCUT2D eigenvalue weighted by molar-refractivity contribution is 0.0960. The van der Waals surface area contributed by atoms with E-state index in [1.807, 2.05) is 12.1 Å². The van der Waals surface area contributed by atoms with E-state index in [9.17, 15) is 9.90 Å². The number of benzene rings is 1. The summed E-state index contributed by atoms with van der Waals surface area (Å²) in [5.41, 5.74) is 1.70. The number of halogens is 1. The molecule has 0 aromatic heterocycles. The van der Waals surface area contributed by atoms with Crippen molar-refractivity contribution in [3.05, 3.63) is 46.7 Å². The zero-order valence-corrected chi connectivity index (χ0v) is 11.4. The van der Waals surface area contributed by atoms with Crippen LogP contribution in [0.25, 0.3) is 0 Å². The van der Waals surface area contributed by atoms with Crippen molar-refractivity contribution < 1.29 is 9.90 Å². The third-order valence-electron chi connectivity index (χ3n) is 3.83. The van der Waals surface area contributed by atoms with Gasteiger partial charge in [0.1, 0.15) is 0 Å². The van der Waals surface area contributed by atoms with Crippen LogP contribution in [0.5, 0.6) is 0 Å². The highest BCUT2D eigenvalue weighted by Crippen LogP contribution is 2.44. The fourth-order valence-corrected chi connectivity index (χ4v) is 2.61. The van der Waals surface area contributed by atoms with Crippen molar-refractivity contribution >= 4 is 17.4 Å². The number of aliphatic hydroxyl groups excluding tert-OH is 1. The number of Topliss-reactive ketones (excluding diaryl/α,β-unsaturated/α-hetero) is 1. The van der Waals surface area contributed by atoms with E-state index in [4.69, 9.17) is 11.6 Å². The molecule has 0 spiro atoms. The summed E-state index contributed by atoms with van der Waals surface area (Å²) in [6, 6.07) is 5.51. The Morgan fingerprint density at radius 2 is 2.16 bits per heavy atom. The normalized spacial score (nSPS) is 25.1. The molecule has 1 aromatic carbocycles. The highest BCUT2D eigenvalue weighted by molar-refractivity contribution is 6.31. The molecule has 2 aliphatic rings. The summed E-state index contributed by atoms with van der Waals surface area (Å²) in [7, 11) is 0. The first-order chi connectivity index (χ1) is 9.06. The maximum atomic E-state index is 12.2. The summed E-state index contributed by atoms with van der Waals surface area (Å²) in [6.07, 6.45) is 0.696. The van der Waals surface area contributed by atoms with Gasteiger partial charge >= 0.3 is 0 Å². The third kappa shape index (κ3) is 2.67. The minimum atomic E-state index is -0.119. The van der Waals surface area contributed by atoms with Crippen LogP contribution in [0.15, 0.2) is 30.5 Å². The van der Waals surface area contributed by atoms with Crippen LogP contribution in [0.2, 0.25) is 5.02 Å². The van der Waals surface area contributed by atoms with E-state index in [0.717, 1.165) is 25.2 Å². The van der Waals surface area contributed by atoms with E-state index in [-0.39, 0.29) is 23.4 Å². The van der Waals surface area contributed by atoms with E-state index in [1.54, 1.807) is 6.07 Å². The predicted molar refractivity (Wildman–Crippen MR) is 74.4 cm³/mol. The van der Waals surface area contributed by atoms with Gasteiger partial charge in [-0.3, -0.25) is 9.69 Å². The van der Waals surface area contributed by atoms with Crippen LogP contribution in [-0.4, -0.2) is 28.9 Å². The molecule has 2 fully saturated rings. The minimum absolute atomic E-state index is 0.0559. The van der Waals surface area contributed by atoms with Gasteiger partial charge in [-0.1, -0.05) is 30.3 Å². The Labute approximate surface area is 117 Å². The molecule has 1 aliphatic carbocycles. The average molecular weight is 278 g/mol. The molecule has 3 nitrogen and oxygen atoms in total. The van der Waals surface area contributed by atoms with Crippen LogP contribution >= 0.6 is 11.6 Å². The number of aliphatic hydroxyl groups is 1. The number of carbonyl (C=O) groups excluding carboxylic acids is 1. The minimum Gasteiger partial charge on any atom is -0.513 e. The highest BCUT2D eigenvalue weighted by Gasteiger charge is 2.45. The lowest BCUT2D eigenvalue weighted by Gasteiger charge is -2.07. The van der Waals surface area contributed by atoms with E-state index in [0.29, 0.717) is 17.0 Å². The van der Waals surface area contributed by atoms with Gasteiger partial charge in [-0.15, -0.1) is 0 Å². The molecule has 0 amide bonds. The lowest BCUT2D eigenvalue weighted by Crippen LogP contribution is -2.05. The Kier molecular flexibility index (Phi) is 3.11. The van der Waals surface area contributed by atoms with Gasteiger partial charge in [0.15, 0.2) is 5.78 Å². The van der Waals surface area contributed by atoms with Crippen molar-refractivity contribution in [2.45, 2.75) is 13.0 Å². The van der Waals surface area contributed by atoms with Gasteiger partial charge < -0.3 is 5.11 Å². The first-order valence-corrected chi connectivity index (χ1v) is 6.87. The number of nitrogens with zero attached hydrogens (tertiary/aromatic N) is 1. The van der Waals surface area contributed by atoms with Crippen LogP contribution in [0.1, 0.15) is 22.3 Å². The van der Waals surface area contributed by atoms with E-state index >= 15 is 0 Å². The fraction of sp³-hybridized carbons (Fsp3) is 0.400. The molecule has 1 aromatic rings. The Bertz CT molecular complexity index is 551. The smallest absolute Gasteiger partial charge is 0.166 e. The molecule has 100 valence electrons. The third-order valence-corrected chi connectivity index (χ3v) is 4.18. The summed E-state index contributed by atoms with van der Waals surface area (Å²) < 4.78 is 0. The maximum Gasteiger partial charge on any atom is 0.166 e. The molecule has 19 heavy (non-hydrogen) atoms. The Morgan fingerprint density at radius 1 is 1.42 bits per heavy atom. The van der Waals surface area contributed by atoms with Crippen molar-refractivity contribution in [2.75, 3.05) is 13.1 Å². The molecule has 3 rings (SSSR count). The van der Waals surface area contributed by atoms with Crippen LogP contribution in [0.3, 0.4) is 0 Å². The van der Waals surface area contributed by atoms with Crippen molar-refractivity contribution in [3.63, 3.8) is 0 Å². The first kappa shape index (κ1) is 12.7. The van der Waals surface area contributed by atoms with E-state index in [2.05, 4.69) is 11.5 Å². The van der Waals surface area contributed by atoms with Gasteiger partial charge in [-0.2, -0.15) is 0 Å². The fourth-order valence-electron chi connectivity index (χ4n) is 2.37. The topological polar surface area (TPSA) is 40.3 Å². The number of rotatable bonds is 5. The molecule has 1 N–H and O–H groups in total. The largest absolute Gasteiger partial charge is 0.513 e. The number of allylic oxidation sites excluding steroid dienone is 1. The Balaban J connectivity index is 1.73. The molecule has 4 heteroatoms. The van der Waals surface area contributed by atoms with Crippen LogP contribution in [0.4, 0.5) is 0 Å². The summed E-state index contributed by atoms with van der Waals surface area (Å²) in [4.78, 5) is 14.5. The van der Waals surface area contributed by atoms with Crippen molar-refractivity contribution in [3.8, 4) is 0 Å². The highest BCUT2D eigenvalue weighted by atomic mass is 35.5. The number of ketones is 1. The molecular weight excluding hydrogens is 262 g/mol. The van der Waals surface area contributed by atoms with E-state index in [1.165, 1.54) is 0 Å². The predicted octanol–water partition coefficient (Wildman–Crippen LogP) is 3.05. The molecular formula is C15H16ClNO2. The second kappa shape index (κ2) is 4.66. The monoisotopic (exact) mass is 277 g/mol. The summed E-state index contributed by atoms with van der Waals surface area (Å²) in [6.45, 7) is 6.59. The number of hydrogen-bond acceptors (Lipinski definition) is 3. The zero-order valence-electron chi connectivity index (χ0n) is 10.6. The van der Waals surface area contributed by atoms with Gasteiger partial charge in [-0.05, 0) is 18.1 Å². The van der Waals surface area contributed by atoms with Crippen LogP contribution in [-0.2, 0) is 6.54 Å². The van der Waals surface area contributed by atoms with E-state index < -0.39 is 0 Å². The van der Waals surface area contributed by atoms with Gasteiger partial charge in [0, 0.05) is 42.1 Å². The standard InChI is InChI=1S/C15H16ClNO2/c1-9(18)12-7-13(12)15(19)10-2-3-11(14(16)6-10)8-17-4-5-17/h2-3,6,12-13,18H,1,4-5,7-8H2/t12-,13+/m1/s1. The average Bonchev–Trinajstić information content (AvgIpc) is 3.24. The van der Waals surface area contributed by atoms with Gasteiger partial charge in [-0.25, -0.2) is 0 Å². The number of carbonyl (C=O) groups is 1. The maximum absolute atomic E-state index is 12.2. The summed E-state index contributed by atoms with van der Waals surface area (Å²) in [5, 5.41) is 9.94. The molecule has 1 aliphatic heterocycles. The summed E-state index contributed by atoms with van der Waals surface area (Å²) in [5.74, 6) is -0.0156. The van der Waals surface area contributed by atoms with Crippen LogP contribution < -0.4 is 0 Å². The molecule has 2 atom stereocenters. The van der Waals surface area contributed by atoms with Crippen molar-refractivity contribution in [1.82, 2.24) is 4.90 Å². The molecule has 0 radical (unpaired) electrons.